The Morgan fingerprint density at radius 2 is 1.72 bits per heavy atom. The second-order valence-corrected chi connectivity index (χ2v) is 10.7. The second-order valence-electron chi connectivity index (χ2n) is 10.7. The minimum atomic E-state index is -1.18. The number of hydrogen-bond acceptors (Lipinski definition) is 7. The lowest BCUT2D eigenvalue weighted by molar-refractivity contribution is -0.136. The third-order valence-corrected chi connectivity index (χ3v) is 7.54. The van der Waals surface area contributed by atoms with Crippen LogP contribution < -0.4 is 11.1 Å². The molecule has 2 aliphatic rings. The lowest BCUT2D eigenvalue weighted by Gasteiger charge is -2.27. The van der Waals surface area contributed by atoms with Gasteiger partial charge in [-0.25, -0.2) is 8.78 Å². The molecule has 1 saturated heterocycles. The van der Waals surface area contributed by atoms with E-state index in [-0.39, 0.29) is 41.7 Å². The molecule has 10 nitrogen and oxygen atoms in total. The van der Waals surface area contributed by atoms with E-state index in [1.54, 1.807) is 13.1 Å². The van der Waals surface area contributed by atoms with Crippen molar-refractivity contribution in [2.45, 2.75) is 32.0 Å². The van der Waals surface area contributed by atoms with Crippen molar-refractivity contribution in [2.75, 3.05) is 7.05 Å². The van der Waals surface area contributed by atoms with Crippen molar-refractivity contribution in [1.29, 1.82) is 0 Å². The van der Waals surface area contributed by atoms with Crippen LogP contribution in [0.1, 0.15) is 55.0 Å². The van der Waals surface area contributed by atoms with E-state index in [2.05, 4.69) is 5.32 Å². The summed E-state index contributed by atoms with van der Waals surface area (Å²) in [5.41, 5.74) is 7.08. The standard InChI is InChI=1S/C31H24F2N4O6/c1-36(13-15-2-4-17(5-3-15)24-11-18-10-19(32)12-21(28(34)39)27(18)43-24)14-16-8-20-26(22(33)9-16)31(42)37(30(20)41)23-6-7-25(38)35-29(23)40/h2-5,8-12,23H,6-7,13-14H2,1H3,(H2,34,39)(H,35,38,40). The van der Waals surface area contributed by atoms with Crippen LogP contribution in [0.5, 0.6) is 0 Å². The van der Waals surface area contributed by atoms with Gasteiger partial charge in [0.1, 0.15) is 29.0 Å². The van der Waals surface area contributed by atoms with E-state index in [9.17, 15) is 28.4 Å². The average molecular weight is 587 g/mol. The highest BCUT2D eigenvalue weighted by Crippen LogP contribution is 2.32. The molecule has 1 atom stereocenters. The van der Waals surface area contributed by atoms with Crippen LogP contribution in [0.25, 0.3) is 22.3 Å². The Morgan fingerprint density at radius 1 is 1.00 bits per heavy atom. The van der Waals surface area contributed by atoms with Gasteiger partial charge in [-0.15, -0.1) is 0 Å². The largest absolute Gasteiger partial charge is 0.455 e. The fraction of sp³-hybridized carbons (Fsp3) is 0.194. The Bertz CT molecular complexity index is 1870. The number of halogens is 2. The predicted molar refractivity (Wildman–Crippen MR) is 148 cm³/mol. The van der Waals surface area contributed by atoms with Crippen LogP contribution in [0, 0.1) is 11.6 Å². The van der Waals surface area contributed by atoms with Crippen molar-refractivity contribution in [3.63, 3.8) is 0 Å². The van der Waals surface area contributed by atoms with E-state index in [1.165, 1.54) is 18.2 Å². The Labute approximate surface area is 243 Å². The van der Waals surface area contributed by atoms with E-state index >= 15 is 4.39 Å². The number of piperidine rings is 1. The molecular weight excluding hydrogens is 562 g/mol. The van der Waals surface area contributed by atoms with Crippen LogP contribution in [0.15, 0.2) is 59.0 Å². The monoisotopic (exact) mass is 586 g/mol. The number of furan rings is 1. The van der Waals surface area contributed by atoms with Gasteiger partial charge in [0.05, 0.1) is 16.7 Å². The molecule has 218 valence electrons. The Kier molecular flexibility index (Phi) is 6.85. The van der Waals surface area contributed by atoms with E-state index in [1.807, 2.05) is 29.2 Å². The molecule has 3 heterocycles. The molecular formula is C31H24F2N4O6. The molecule has 1 aromatic heterocycles. The van der Waals surface area contributed by atoms with Gasteiger partial charge in [0.2, 0.25) is 11.8 Å². The number of primary amides is 1. The average Bonchev–Trinajstić information content (AvgIpc) is 3.47. The van der Waals surface area contributed by atoms with Gasteiger partial charge in [0, 0.05) is 30.5 Å². The number of rotatable bonds is 7. The van der Waals surface area contributed by atoms with Crippen LogP contribution in [-0.4, -0.2) is 52.4 Å². The first kappa shape index (κ1) is 27.9. The van der Waals surface area contributed by atoms with Gasteiger partial charge in [0.25, 0.3) is 17.7 Å². The zero-order valence-electron chi connectivity index (χ0n) is 22.8. The maximum Gasteiger partial charge on any atom is 0.265 e. The molecule has 0 saturated carbocycles. The van der Waals surface area contributed by atoms with Crippen LogP contribution in [-0.2, 0) is 22.7 Å². The number of benzene rings is 3. The predicted octanol–water partition coefficient (Wildman–Crippen LogP) is 3.51. The molecule has 0 aliphatic carbocycles. The third-order valence-electron chi connectivity index (χ3n) is 7.54. The summed E-state index contributed by atoms with van der Waals surface area (Å²) in [6.07, 6.45) is -0.0484. The number of nitrogens with one attached hydrogen (secondary N) is 1. The SMILES string of the molecule is CN(Cc1ccc(-c2cc3cc(F)cc(C(N)=O)c3o2)cc1)Cc1cc(F)c2c(c1)C(=O)N(C1CCC(=O)NC1=O)C2=O. The molecule has 3 N–H and O–H groups in total. The molecule has 12 heteroatoms. The molecule has 0 spiro atoms. The number of amides is 5. The fourth-order valence-corrected chi connectivity index (χ4v) is 5.59. The van der Waals surface area contributed by atoms with Crippen LogP contribution in [0.2, 0.25) is 0 Å². The summed E-state index contributed by atoms with van der Waals surface area (Å²) in [4.78, 5) is 64.1. The highest BCUT2D eigenvalue weighted by Gasteiger charge is 2.46. The molecule has 5 amide bonds. The van der Waals surface area contributed by atoms with E-state index in [0.717, 1.165) is 16.5 Å². The van der Waals surface area contributed by atoms with E-state index in [4.69, 9.17) is 10.2 Å². The zero-order chi connectivity index (χ0) is 30.6. The van der Waals surface area contributed by atoms with Crippen molar-refractivity contribution in [1.82, 2.24) is 15.1 Å². The van der Waals surface area contributed by atoms with E-state index < -0.39 is 47.2 Å². The summed E-state index contributed by atoms with van der Waals surface area (Å²) < 4.78 is 34.8. The summed E-state index contributed by atoms with van der Waals surface area (Å²) in [5, 5.41) is 2.53. The van der Waals surface area contributed by atoms with Gasteiger partial charge in [-0.05, 0) is 54.9 Å². The second kappa shape index (κ2) is 10.6. The summed E-state index contributed by atoms with van der Waals surface area (Å²) in [7, 11) is 1.81. The highest BCUT2D eigenvalue weighted by molar-refractivity contribution is 6.23. The first-order chi connectivity index (χ1) is 20.5. The molecule has 2 aliphatic heterocycles. The lowest BCUT2D eigenvalue weighted by Crippen LogP contribution is -2.54. The molecule has 0 radical (unpaired) electrons. The van der Waals surface area contributed by atoms with Gasteiger partial charge in [0.15, 0.2) is 0 Å². The Morgan fingerprint density at radius 3 is 2.42 bits per heavy atom. The van der Waals surface area contributed by atoms with Crippen molar-refractivity contribution in [2.24, 2.45) is 5.73 Å². The van der Waals surface area contributed by atoms with Gasteiger partial charge in [-0.3, -0.25) is 39.1 Å². The molecule has 3 aromatic carbocycles. The maximum absolute atomic E-state index is 15.1. The zero-order valence-corrected chi connectivity index (χ0v) is 22.8. The number of carbonyl (C=O) groups excluding carboxylic acids is 5. The van der Waals surface area contributed by atoms with Crippen LogP contribution in [0.3, 0.4) is 0 Å². The Balaban J connectivity index is 1.16. The Hall–Kier alpha value is -5.23. The molecule has 43 heavy (non-hydrogen) atoms. The lowest BCUT2D eigenvalue weighted by atomic mass is 10.0. The number of hydrogen-bond donors (Lipinski definition) is 2. The fourth-order valence-electron chi connectivity index (χ4n) is 5.59. The summed E-state index contributed by atoms with van der Waals surface area (Å²) in [6.45, 7) is 0.697. The number of fused-ring (bicyclic) bond motifs is 2. The van der Waals surface area contributed by atoms with Crippen molar-refractivity contribution < 1.29 is 37.2 Å². The van der Waals surface area contributed by atoms with Crippen molar-refractivity contribution in [3.05, 3.63) is 94.0 Å². The smallest absolute Gasteiger partial charge is 0.265 e. The summed E-state index contributed by atoms with van der Waals surface area (Å²) in [5.74, 6) is -4.74. The number of carbonyl (C=O) groups is 5. The van der Waals surface area contributed by atoms with Gasteiger partial charge < -0.3 is 10.2 Å². The van der Waals surface area contributed by atoms with Crippen molar-refractivity contribution in [3.8, 4) is 11.3 Å². The quantitative estimate of drug-likeness (QED) is 0.316. The molecule has 0 bridgehead atoms. The third kappa shape index (κ3) is 5.06. The molecule has 6 rings (SSSR count). The van der Waals surface area contributed by atoms with Crippen LogP contribution >= 0.6 is 0 Å². The first-order valence-corrected chi connectivity index (χ1v) is 13.3. The van der Waals surface area contributed by atoms with Crippen molar-refractivity contribution >= 4 is 40.5 Å². The minimum Gasteiger partial charge on any atom is -0.455 e. The molecule has 1 fully saturated rings. The van der Waals surface area contributed by atoms with Gasteiger partial charge in [-0.1, -0.05) is 24.3 Å². The normalized spacial score (nSPS) is 16.7. The number of nitrogens with two attached hydrogens (primary N) is 1. The first-order valence-electron chi connectivity index (χ1n) is 13.3. The summed E-state index contributed by atoms with van der Waals surface area (Å²) in [6, 6.07) is 12.7. The van der Waals surface area contributed by atoms with Gasteiger partial charge >= 0.3 is 0 Å². The number of nitrogens with zero attached hydrogens (tertiary/aromatic N) is 2. The minimum absolute atomic E-state index is 0.0184. The molecule has 4 aromatic rings. The molecule has 1 unspecified atom stereocenters. The topological polar surface area (TPSA) is 143 Å². The summed E-state index contributed by atoms with van der Waals surface area (Å²) >= 11 is 0. The van der Waals surface area contributed by atoms with Gasteiger partial charge in [-0.2, -0.15) is 0 Å². The maximum atomic E-state index is 15.1. The van der Waals surface area contributed by atoms with E-state index in [0.29, 0.717) is 28.8 Å². The van der Waals surface area contributed by atoms with Crippen LogP contribution in [0.4, 0.5) is 8.78 Å². The highest BCUT2D eigenvalue weighted by atomic mass is 19.1. The number of imide groups is 2.